The number of hydrogen-bond acceptors (Lipinski definition) is 4. The zero-order chi connectivity index (χ0) is 17.9. The first kappa shape index (κ1) is 17.9. The molecule has 0 bridgehead atoms. The highest BCUT2D eigenvalue weighted by Crippen LogP contribution is 2.21. The normalized spacial score (nSPS) is 12.2. The molecule has 5 nitrogen and oxygen atoms in total. The molecule has 0 aliphatic rings. The summed E-state index contributed by atoms with van der Waals surface area (Å²) in [6, 6.07) is 10.5. The van der Waals surface area contributed by atoms with Gasteiger partial charge in [0, 0.05) is 23.0 Å². The van der Waals surface area contributed by atoms with Crippen molar-refractivity contribution in [3.05, 3.63) is 58.9 Å². The van der Waals surface area contributed by atoms with Crippen molar-refractivity contribution in [1.29, 1.82) is 0 Å². The zero-order valence-corrected chi connectivity index (χ0v) is 14.4. The fourth-order valence-electron chi connectivity index (χ4n) is 2.92. The predicted octanol–water partition coefficient (Wildman–Crippen LogP) is 3.15. The fraction of sp³-hybridized carbons (Fsp3) is 0.368. The van der Waals surface area contributed by atoms with Crippen LogP contribution in [-0.4, -0.2) is 28.0 Å². The highest BCUT2D eigenvalue weighted by atomic mass is 16.5. The molecule has 1 atom stereocenters. The third-order valence-electron chi connectivity index (χ3n) is 3.99. The van der Waals surface area contributed by atoms with Crippen LogP contribution in [-0.2, 0) is 9.53 Å². The second-order valence-electron chi connectivity index (χ2n) is 6.09. The van der Waals surface area contributed by atoms with Crippen LogP contribution in [0.3, 0.4) is 0 Å². The largest absolute Gasteiger partial charge is 0.455 e. The number of carbonyl (C=O) groups is 2. The molecule has 0 aliphatic carbocycles. The van der Waals surface area contributed by atoms with Gasteiger partial charge in [0.25, 0.3) is 0 Å². The van der Waals surface area contributed by atoms with Crippen LogP contribution in [0.15, 0.2) is 36.4 Å². The lowest BCUT2D eigenvalue weighted by Gasteiger charge is -2.14. The number of ketones is 1. The molecule has 1 N–H and O–H groups in total. The first-order valence-electron chi connectivity index (χ1n) is 7.94. The average Bonchev–Trinajstić information content (AvgIpc) is 2.87. The molecule has 0 spiro atoms. The smallest absolute Gasteiger partial charge is 0.340 e. The molecule has 0 saturated carbocycles. The Balaban J connectivity index is 2.03. The van der Waals surface area contributed by atoms with Crippen molar-refractivity contribution in [2.45, 2.75) is 39.8 Å². The summed E-state index contributed by atoms with van der Waals surface area (Å²) < 4.78 is 7.05. The molecule has 128 valence electrons. The van der Waals surface area contributed by atoms with Gasteiger partial charge in [0.05, 0.1) is 0 Å². The van der Waals surface area contributed by atoms with E-state index in [9.17, 15) is 14.7 Å². The average molecular weight is 329 g/mol. The van der Waals surface area contributed by atoms with Gasteiger partial charge in [-0.1, -0.05) is 30.3 Å². The molecule has 2 aromatic rings. The van der Waals surface area contributed by atoms with Crippen molar-refractivity contribution in [2.75, 3.05) is 6.61 Å². The lowest BCUT2D eigenvalue weighted by atomic mass is 10.1. The molecule has 0 unspecified atom stereocenters. The van der Waals surface area contributed by atoms with E-state index in [1.54, 1.807) is 36.4 Å². The van der Waals surface area contributed by atoms with E-state index in [1.807, 2.05) is 27.7 Å². The summed E-state index contributed by atoms with van der Waals surface area (Å²) in [5, 5.41) is 9.96. The number of carbonyl (C=O) groups excluding carboxylic acids is 2. The van der Waals surface area contributed by atoms with Crippen LogP contribution in [0.4, 0.5) is 0 Å². The van der Waals surface area contributed by atoms with Crippen LogP contribution in [0.1, 0.15) is 53.3 Å². The summed E-state index contributed by atoms with van der Waals surface area (Å²) in [6.45, 7) is 7.52. The second kappa shape index (κ2) is 7.45. The molecule has 1 aromatic carbocycles. The lowest BCUT2D eigenvalue weighted by Crippen LogP contribution is -2.20. The van der Waals surface area contributed by atoms with Crippen molar-refractivity contribution in [1.82, 2.24) is 4.57 Å². The van der Waals surface area contributed by atoms with Gasteiger partial charge in [-0.2, -0.15) is 0 Å². The SMILES string of the molecule is Cc1cc(C(=O)COC(=O)[C@H](O)c2ccccc2)c(C)n1C(C)C. The van der Waals surface area contributed by atoms with Crippen molar-refractivity contribution >= 4 is 11.8 Å². The number of rotatable bonds is 6. The number of benzene rings is 1. The van der Waals surface area contributed by atoms with E-state index >= 15 is 0 Å². The van der Waals surface area contributed by atoms with Crippen LogP contribution in [0.5, 0.6) is 0 Å². The Labute approximate surface area is 141 Å². The number of aliphatic hydroxyl groups is 1. The number of hydrogen-bond donors (Lipinski definition) is 1. The molecule has 5 heteroatoms. The Morgan fingerprint density at radius 2 is 1.79 bits per heavy atom. The minimum absolute atomic E-state index is 0.244. The summed E-state index contributed by atoms with van der Waals surface area (Å²) in [5.74, 6) is -1.10. The first-order chi connectivity index (χ1) is 11.3. The Morgan fingerprint density at radius 1 is 1.17 bits per heavy atom. The van der Waals surface area contributed by atoms with Gasteiger partial charge >= 0.3 is 5.97 Å². The molecular formula is C19H23NO4. The number of Topliss-reactive ketones (excluding diaryl/α,β-unsaturated/α-hetero) is 1. The Hall–Kier alpha value is -2.40. The van der Waals surface area contributed by atoms with E-state index in [4.69, 9.17) is 4.74 Å². The molecule has 24 heavy (non-hydrogen) atoms. The molecule has 2 rings (SSSR count). The summed E-state index contributed by atoms with van der Waals surface area (Å²) in [7, 11) is 0. The topological polar surface area (TPSA) is 68.5 Å². The van der Waals surface area contributed by atoms with Crippen LogP contribution < -0.4 is 0 Å². The summed E-state index contributed by atoms with van der Waals surface area (Å²) in [5.41, 5.74) is 2.82. The van der Waals surface area contributed by atoms with Crippen LogP contribution >= 0.6 is 0 Å². The van der Waals surface area contributed by atoms with Gasteiger partial charge in [-0.15, -0.1) is 0 Å². The molecule has 0 aliphatic heterocycles. The van der Waals surface area contributed by atoms with Gasteiger partial charge in [0.2, 0.25) is 5.78 Å². The molecule has 0 amide bonds. The molecule has 1 aromatic heterocycles. The highest BCUT2D eigenvalue weighted by Gasteiger charge is 2.22. The zero-order valence-electron chi connectivity index (χ0n) is 14.4. The highest BCUT2D eigenvalue weighted by molar-refractivity contribution is 5.99. The maximum Gasteiger partial charge on any atom is 0.340 e. The third-order valence-corrected chi connectivity index (χ3v) is 3.99. The maximum atomic E-state index is 12.3. The van der Waals surface area contributed by atoms with Crippen LogP contribution in [0.25, 0.3) is 0 Å². The molecular weight excluding hydrogens is 306 g/mol. The monoisotopic (exact) mass is 329 g/mol. The van der Waals surface area contributed by atoms with Crippen molar-refractivity contribution in [3.8, 4) is 0 Å². The number of ether oxygens (including phenoxy) is 1. The van der Waals surface area contributed by atoms with Gasteiger partial charge in [0.15, 0.2) is 12.7 Å². The van der Waals surface area contributed by atoms with E-state index in [0.29, 0.717) is 11.1 Å². The number of aromatic nitrogens is 1. The summed E-state index contributed by atoms with van der Waals surface area (Å²) in [4.78, 5) is 24.3. The van der Waals surface area contributed by atoms with Gasteiger partial charge in [0.1, 0.15) is 0 Å². The van der Waals surface area contributed by atoms with E-state index in [2.05, 4.69) is 4.57 Å². The molecule has 0 fully saturated rings. The van der Waals surface area contributed by atoms with Crippen molar-refractivity contribution in [2.24, 2.45) is 0 Å². The number of esters is 1. The number of aliphatic hydroxyl groups excluding tert-OH is 1. The van der Waals surface area contributed by atoms with Gasteiger partial charge in [-0.25, -0.2) is 4.79 Å². The van der Waals surface area contributed by atoms with Crippen LogP contribution in [0.2, 0.25) is 0 Å². The van der Waals surface area contributed by atoms with Gasteiger partial charge < -0.3 is 14.4 Å². The van der Waals surface area contributed by atoms with E-state index in [-0.39, 0.29) is 18.4 Å². The van der Waals surface area contributed by atoms with Gasteiger partial charge in [-0.3, -0.25) is 4.79 Å². The maximum absolute atomic E-state index is 12.3. The molecule has 0 radical (unpaired) electrons. The van der Waals surface area contributed by atoms with E-state index in [0.717, 1.165) is 11.4 Å². The molecule has 0 saturated heterocycles. The minimum Gasteiger partial charge on any atom is -0.455 e. The number of nitrogens with zero attached hydrogens (tertiary/aromatic N) is 1. The number of aryl methyl sites for hydroxylation is 1. The Bertz CT molecular complexity index is 731. The third kappa shape index (κ3) is 3.74. The van der Waals surface area contributed by atoms with E-state index < -0.39 is 12.1 Å². The summed E-state index contributed by atoms with van der Waals surface area (Å²) >= 11 is 0. The van der Waals surface area contributed by atoms with Gasteiger partial charge in [-0.05, 0) is 39.3 Å². The predicted molar refractivity (Wildman–Crippen MR) is 91.0 cm³/mol. The van der Waals surface area contributed by atoms with E-state index in [1.165, 1.54) is 0 Å². The fourth-order valence-corrected chi connectivity index (χ4v) is 2.92. The lowest BCUT2D eigenvalue weighted by molar-refractivity contribution is -0.152. The first-order valence-corrected chi connectivity index (χ1v) is 7.94. The van der Waals surface area contributed by atoms with Crippen molar-refractivity contribution in [3.63, 3.8) is 0 Å². The summed E-state index contributed by atoms with van der Waals surface area (Å²) in [6.07, 6.45) is -1.39. The second-order valence-corrected chi connectivity index (χ2v) is 6.09. The molecule has 1 heterocycles. The van der Waals surface area contributed by atoms with Crippen molar-refractivity contribution < 1.29 is 19.4 Å². The Kier molecular flexibility index (Phi) is 5.57. The Morgan fingerprint density at radius 3 is 2.33 bits per heavy atom. The van der Waals surface area contributed by atoms with Crippen LogP contribution in [0, 0.1) is 13.8 Å². The minimum atomic E-state index is -1.39. The standard InChI is InChI=1S/C19H23NO4/c1-12(2)20-13(3)10-16(14(20)4)17(21)11-24-19(23)18(22)15-8-6-5-7-9-15/h5-10,12,18,22H,11H2,1-4H3/t18-/m1/s1. The quantitative estimate of drug-likeness (QED) is 0.653.